The van der Waals surface area contributed by atoms with Crippen molar-refractivity contribution in [2.24, 2.45) is 0 Å². The molecule has 1 atom stereocenters. The highest BCUT2D eigenvalue weighted by Gasteiger charge is 2.31. The Morgan fingerprint density at radius 1 is 1.29 bits per heavy atom. The van der Waals surface area contributed by atoms with Gasteiger partial charge in [-0.25, -0.2) is 10.0 Å². The number of amides is 1. The fourth-order valence-corrected chi connectivity index (χ4v) is 3.34. The molecule has 0 spiro atoms. The molecule has 2 heterocycles. The molecule has 0 bridgehead atoms. The van der Waals surface area contributed by atoms with E-state index in [1.165, 1.54) is 5.57 Å². The standard InChI is InChI=1S/C20H25N3O/c1-15-7-8-16(2)20(14-15)23(17(3)24)22-13-5-4-6-19(22)18-9-11-21-12-10-18/h4-5,7-11,14,19,21H,6,12-13H2,1-3H3. The average molecular weight is 323 g/mol. The highest BCUT2D eigenvalue weighted by Crippen LogP contribution is 2.29. The van der Waals surface area contributed by atoms with E-state index < -0.39 is 0 Å². The normalized spacial score (nSPS) is 20.5. The molecule has 2 aliphatic rings. The molecule has 0 fully saturated rings. The zero-order valence-corrected chi connectivity index (χ0v) is 14.6. The largest absolute Gasteiger partial charge is 0.387 e. The van der Waals surface area contributed by atoms with Gasteiger partial charge in [-0.1, -0.05) is 30.4 Å². The van der Waals surface area contributed by atoms with Gasteiger partial charge < -0.3 is 5.32 Å². The molecular weight excluding hydrogens is 298 g/mol. The quantitative estimate of drug-likeness (QED) is 0.868. The van der Waals surface area contributed by atoms with E-state index in [9.17, 15) is 4.79 Å². The molecule has 126 valence electrons. The van der Waals surface area contributed by atoms with Crippen LogP contribution in [0.25, 0.3) is 0 Å². The van der Waals surface area contributed by atoms with Crippen LogP contribution in [0.2, 0.25) is 0 Å². The van der Waals surface area contributed by atoms with Gasteiger partial charge in [0.15, 0.2) is 0 Å². The summed E-state index contributed by atoms with van der Waals surface area (Å²) in [7, 11) is 0. The third kappa shape index (κ3) is 3.29. The van der Waals surface area contributed by atoms with Gasteiger partial charge in [0.2, 0.25) is 5.91 Å². The Bertz CT molecular complexity index is 718. The summed E-state index contributed by atoms with van der Waals surface area (Å²) >= 11 is 0. The van der Waals surface area contributed by atoms with Crippen molar-refractivity contribution in [2.45, 2.75) is 33.2 Å². The van der Waals surface area contributed by atoms with Crippen LogP contribution in [-0.4, -0.2) is 30.0 Å². The molecule has 24 heavy (non-hydrogen) atoms. The number of carbonyl (C=O) groups excluding carboxylic acids is 1. The maximum Gasteiger partial charge on any atom is 0.238 e. The van der Waals surface area contributed by atoms with Crippen molar-refractivity contribution in [1.82, 2.24) is 10.3 Å². The Morgan fingerprint density at radius 2 is 2.12 bits per heavy atom. The van der Waals surface area contributed by atoms with Crippen LogP contribution in [0.15, 0.2) is 54.3 Å². The minimum atomic E-state index is 0.0440. The highest BCUT2D eigenvalue weighted by atomic mass is 16.2. The fraction of sp³-hybridized carbons (Fsp3) is 0.350. The second-order valence-corrected chi connectivity index (χ2v) is 6.41. The van der Waals surface area contributed by atoms with E-state index in [1.807, 2.05) is 11.2 Å². The van der Waals surface area contributed by atoms with E-state index >= 15 is 0 Å². The summed E-state index contributed by atoms with van der Waals surface area (Å²) in [5.41, 5.74) is 4.50. The summed E-state index contributed by atoms with van der Waals surface area (Å²) in [6.07, 6.45) is 11.6. The number of hydrazine groups is 1. The van der Waals surface area contributed by atoms with Crippen molar-refractivity contribution < 1.29 is 4.79 Å². The first-order valence-electron chi connectivity index (χ1n) is 8.47. The second-order valence-electron chi connectivity index (χ2n) is 6.41. The number of aryl methyl sites for hydroxylation is 2. The van der Waals surface area contributed by atoms with Crippen LogP contribution < -0.4 is 10.3 Å². The van der Waals surface area contributed by atoms with Crippen molar-refractivity contribution >= 4 is 11.6 Å². The molecule has 4 heteroatoms. The van der Waals surface area contributed by atoms with E-state index in [4.69, 9.17) is 0 Å². The maximum atomic E-state index is 12.5. The molecule has 1 aromatic carbocycles. The predicted molar refractivity (Wildman–Crippen MR) is 98.6 cm³/mol. The van der Waals surface area contributed by atoms with E-state index in [1.54, 1.807) is 6.92 Å². The summed E-state index contributed by atoms with van der Waals surface area (Å²) in [6.45, 7) is 7.33. The van der Waals surface area contributed by atoms with Crippen LogP contribution in [0, 0.1) is 13.8 Å². The third-order valence-corrected chi connectivity index (χ3v) is 4.56. The first-order chi connectivity index (χ1) is 11.6. The van der Waals surface area contributed by atoms with Crippen LogP contribution in [0.1, 0.15) is 24.5 Å². The molecule has 0 aliphatic carbocycles. The Balaban J connectivity index is 2.01. The van der Waals surface area contributed by atoms with Gasteiger partial charge in [0.1, 0.15) is 0 Å². The van der Waals surface area contributed by atoms with Gasteiger partial charge >= 0.3 is 0 Å². The SMILES string of the molecule is CC(=O)N(c1cc(C)ccc1C)N1CC=CCC1C1=CCNC=C1. The second kappa shape index (κ2) is 7.05. The monoisotopic (exact) mass is 323 g/mol. The van der Waals surface area contributed by atoms with Crippen LogP contribution in [-0.2, 0) is 4.79 Å². The number of nitrogens with one attached hydrogen (secondary N) is 1. The smallest absolute Gasteiger partial charge is 0.238 e. The fourth-order valence-electron chi connectivity index (χ4n) is 3.34. The molecule has 0 saturated heterocycles. The van der Waals surface area contributed by atoms with Crippen LogP contribution in [0.5, 0.6) is 0 Å². The Labute approximate surface area is 144 Å². The van der Waals surface area contributed by atoms with Gasteiger partial charge in [0, 0.05) is 20.0 Å². The number of carbonyl (C=O) groups is 1. The van der Waals surface area contributed by atoms with E-state index in [0.717, 1.165) is 36.3 Å². The summed E-state index contributed by atoms with van der Waals surface area (Å²) in [6, 6.07) is 6.44. The maximum absolute atomic E-state index is 12.5. The van der Waals surface area contributed by atoms with Crippen molar-refractivity contribution in [2.75, 3.05) is 18.1 Å². The predicted octanol–water partition coefficient (Wildman–Crippen LogP) is 3.25. The number of dihydropyridines is 1. The minimum absolute atomic E-state index is 0.0440. The number of hydrogen-bond acceptors (Lipinski definition) is 3. The molecule has 1 N–H and O–H groups in total. The first-order valence-corrected chi connectivity index (χ1v) is 8.47. The minimum Gasteiger partial charge on any atom is -0.387 e. The molecular formula is C20H25N3O. The van der Waals surface area contributed by atoms with Crippen molar-refractivity contribution in [1.29, 1.82) is 0 Å². The molecule has 1 amide bonds. The van der Waals surface area contributed by atoms with Crippen molar-refractivity contribution in [3.63, 3.8) is 0 Å². The first kappa shape index (κ1) is 16.5. The lowest BCUT2D eigenvalue weighted by Gasteiger charge is -2.42. The average Bonchev–Trinajstić information content (AvgIpc) is 2.59. The van der Waals surface area contributed by atoms with Crippen molar-refractivity contribution in [3.8, 4) is 0 Å². The zero-order valence-electron chi connectivity index (χ0n) is 14.6. The molecule has 3 rings (SSSR count). The van der Waals surface area contributed by atoms with Crippen LogP contribution in [0.3, 0.4) is 0 Å². The van der Waals surface area contributed by atoms with Crippen LogP contribution in [0.4, 0.5) is 5.69 Å². The van der Waals surface area contributed by atoms with E-state index in [2.05, 4.69) is 66.7 Å². The number of nitrogens with zero attached hydrogens (tertiary/aromatic N) is 2. The highest BCUT2D eigenvalue weighted by molar-refractivity contribution is 5.91. The molecule has 0 aromatic heterocycles. The summed E-state index contributed by atoms with van der Waals surface area (Å²) in [5, 5.41) is 7.24. The van der Waals surface area contributed by atoms with Gasteiger partial charge in [-0.3, -0.25) is 4.79 Å². The Hall–Kier alpha value is -2.33. The summed E-state index contributed by atoms with van der Waals surface area (Å²) in [5.74, 6) is 0.0440. The van der Waals surface area contributed by atoms with Gasteiger partial charge in [-0.2, -0.15) is 0 Å². The number of rotatable bonds is 3. The number of anilines is 1. The van der Waals surface area contributed by atoms with E-state index in [0.29, 0.717) is 0 Å². The van der Waals surface area contributed by atoms with Crippen molar-refractivity contribution in [3.05, 3.63) is 65.4 Å². The number of benzene rings is 1. The molecule has 1 unspecified atom stereocenters. The van der Waals surface area contributed by atoms with Gasteiger partial charge in [-0.05, 0) is 55.3 Å². The van der Waals surface area contributed by atoms with E-state index in [-0.39, 0.29) is 11.9 Å². The molecule has 4 nitrogen and oxygen atoms in total. The molecule has 1 aromatic rings. The van der Waals surface area contributed by atoms with Gasteiger partial charge in [0.05, 0.1) is 11.7 Å². The number of hydrogen-bond donors (Lipinski definition) is 1. The lowest BCUT2D eigenvalue weighted by atomic mass is 9.98. The van der Waals surface area contributed by atoms with Crippen LogP contribution >= 0.6 is 0 Å². The topological polar surface area (TPSA) is 35.6 Å². The Kier molecular flexibility index (Phi) is 4.86. The van der Waals surface area contributed by atoms with Gasteiger partial charge in [-0.15, -0.1) is 0 Å². The molecule has 0 saturated carbocycles. The zero-order chi connectivity index (χ0) is 17.1. The Morgan fingerprint density at radius 3 is 2.83 bits per heavy atom. The van der Waals surface area contributed by atoms with Gasteiger partial charge in [0.25, 0.3) is 0 Å². The summed E-state index contributed by atoms with van der Waals surface area (Å²) in [4.78, 5) is 12.5. The lowest BCUT2D eigenvalue weighted by molar-refractivity contribution is -0.120. The molecule has 0 radical (unpaired) electrons. The lowest BCUT2D eigenvalue weighted by Crippen LogP contribution is -2.53. The summed E-state index contributed by atoms with van der Waals surface area (Å²) < 4.78 is 0. The third-order valence-electron chi connectivity index (χ3n) is 4.56. The molecule has 2 aliphatic heterocycles.